The van der Waals surface area contributed by atoms with Crippen molar-refractivity contribution in [2.45, 2.75) is 26.7 Å². The number of H-pyrrole nitrogens is 1. The van der Waals surface area contributed by atoms with Crippen molar-refractivity contribution in [2.24, 2.45) is 0 Å². The number of carbonyl (C=O) groups is 1. The molecule has 0 saturated carbocycles. The van der Waals surface area contributed by atoms with Crippen LogP contribution in [-0.4, -0.2) is 17.9 Å². The molecule has 0 amide bonds. The number of carbonyl (C=O) groups excluding carboxylic acids is 1. The number of hydrogen-bond donors (Lipinski definition) is 1. The molecule has 0 unspecified atom stereocenters. The van der Waals surface area contributed by atoms with Crippen molar-refractivity contribution in [3.8, 4) is 5.75 Å². The normalized spacial score (nSPS) is 10.8. The Kier molecular flexibility index (Phi) is 3.18. The van der Waals surface area contributed by atoms with E-state index in [1.54, 1.807) is 14.0 Å². The predicted octanol–water partition coefficient (Wildman–Crippen LogP) is 3.01. The highest BCUT2D eigenvalue weighted by Gasteiger charge is 2.09. The van der Waals surface area contributed by atoms with Gasteiger partial charge in [0.15, 0.2) is 0 Å². The van der Waals surface area contributed by atoms with Gasteiger partial charge in [0.2, 0.25) is 0 Å². The maximum Gasteiger partial charge on any atom is 0.143 e. The van der Waals surface area contributed by atoms with Crippen molar-refractivity contribution < 1.29 is 9.53 Å². The molecule has 0 saturated heterocycles. The van der Waals surface area contributed by atoms with Crippen LogP contribution in [0.25, 0.3) is 10.9 Å². The molecule has 1 N–H and O–H groups in total. The van der Waals surface area contributed by atoms with Gasteiger partial charge < -0.3 is 14.5 Å². The van der Waals surface area contributed by atoms with Crippen LogP contribution in [-0.2, 0) is 11.2 Å². The van der Waals surface area contributed by atoms with Crippen LogP contribution in [0.3, 0.4) is 0 Å². The third kappa shape index (κ3) is 2.33. The van der Waals surface area contributed by atoms with Gasteiger partial charge in [0, 0.05) is 18.0 Å². The third-order valence-electron chi connectivity index (χ3n) is 2.95. The van der Waals surface area contributed by atoms with Crippen molar-refractivity contribution in [3.05, 3.63) is 29.5 Å². The van der Waals surface area contributed by atoms with Crippen LogP contribution in [0.1, 0.15) is 24.5 Å². The number of methoxy groups -OCH3 is 1. The van der Waals surface area contributed by atoms with E-state index in [0.29, 0.717) is 6.42 Å². The maximum atomic E-state index is 11.0. The minimum atomic E-state index is 0.221. The summed E-state index contributed by atoms with van der Waals surface area (Å²) in [6.07, 6.45) is 3.33. The van der Waals surface area contributed by atoms with Crippen molar-refractivity contribution in [1.82, 2.24) is 4.98 Å². The zero-order valence-corrected chi connectivity index (χ0v) is 10.5. The van der Waals surface area contributed by atoms with Crippen molar-refractivity contribution in [1.29, 1.82) is 0 Å². The summed E-state index contributed by atoms with van der Waals surface area (Å²) in [5, 5.41) is 1.16. The molecule has 0 radical (unpaired) electrons. The molecule has 0 spiro atoms. The summed E-state index contributed by atoms with van der Waals surface area (Å²) in [4.78, 5) is 14.3. The molecule has 0 bridgehead atoms. The van der Waals surface area contributed by atoms with Crippen LogP contribution in [0.15, 0.2) is 18.3 Å². The second kappa shape index (κ2) is 4.62. The summed E-state index contributed by atoms with van der Waals surface area (Å²) >= 11 is 0. The molecule has 2 aromatic rings. The van der Waals surface area contributed by atoms with Crippen LogP contribution in [0, 0.1) is 6.92 Å². The molecule has 0 aliphatic carbocycles. The predicted molar refractivity (Wildman–Crippen MR) is 68.6 cm³/mol. The van der Waals surface area contributed by atoms with E-state index in [-0.39, 0.29) is 5.78 Å². The number of aromatic amines is 1. The van der Waals surface area contributed by atoms with Crippen molar-refractivity contribution in [3.63, 3.8) is 0 Å². The molecule has 17 heavy (non-hydrogen) atoms. The highest BCUT2D eigenvalue weighted by atomic mass is 16.5. The molecule has 0 aliphatic heterocycles. The average Bonchev–Trinajstić information content (AvgIpc) is 2.68. The van der Waals surface area contributed by atoms with Gasteiger partial charge in [-0.25, -0.2) is 0 Å². The number of aryl methyl sites for hydroxylation is 2. The Morgan fingerprint density at radius 3 is 2.82 bits per heavy atom. The fourth-order valence-electron chi connectivity index (χ4n) is 2.07. The van der Waals surface area contributed by atoms with Gasteiger partial charge >= 0.3 is 0 Å². The van der Waals surface area contributed by atoms with Crippen LogP contribution in [0.2, 0.25) is 0 Å². The second-order valence-corrected chi connectivity index (χ2v) is 4.41. The molecule has 0 fully saturated rings. The van der Waals surface area contributed by atoms with Gasteiger partial charge in [0.25, 0.3) is 0 Å². The van der Waals surface area contributed by atoms with Crippen LogP contribution in [0.4, 0.5) is 0 Å². The number of Topliss-reactive ketones (excluding diaryl/α,β-unsaturated/α-hetero) is 1. The van der Waals surface area contributed by atoms with Gasteiger partial charge in [-0.1, -0.05) is 0 Å². The van der Waals surface area contributed by atoms with E-state index < -0.39 is 0 Å². The van der Waals surface area contributed by atoms with E-state index >= 15 is 0 Å². The number of benzene rings is 1. The zero-order valence-electron chi connectivity index (χ0n) is 10.5. The largest absolute Gasteiger partial charge is 0.495 e. The summed E-state index contributed by atoms with van der Waals surface area (Å²) in [6.45, 7) is 3.67. The Labute approximate surface area is 101 Å². The Morgan fingerprint density at radius 2 is 2.18 bits per heavy atom. The summed E-state index contributed by atoms with van der Waals surface area (Å²) in [6, 6.07) is 4.14. The van der Waals surface area contributed by atoms with Crippen molar-refractivity contribution in [2.75, 3.05) is 7.11 Å². The SMILES string of the molecule is COc1cc(C)cc2c(CCC(C)=O)c[nH]c12. The van der Waals surface area contributed by atoms with Crippen LogP contribution < -0.4 is 4.74 Å². The molecule has 2 rings (SSSR count). The number of ketones is 1. The summed E-state index contributed by atoms with van der Waals surface area (Å²) < 4.78 is 5.35. The second-order valence-electron chi connectivity index (χ2n) is 4.41. The first-order valence-electron chi connectivity index (χ1n) is 5.76. The van der Waals surface area contributed by atoms with E-state index in [9.17, 15) is 4.79 Å². The molecule has 90 valence electrons. The molecule has 3 nitrogen and oxygen atoms in total. The van der Waals surface area contributed by atoms with Gasteiger partial charge in [-0.15, -0.1) is 0 Å². The highest BCUT2D eigenvalue weighted by molar-refractivity contribution is 5.89. The van der Waals surface area contributed by atoms with E-state index in [0.717, 1.165) is 28.6 Å². The minimum absolute atomic E-state index is 0.221. The molecule has 1 aromatic carbocycles. The quantitative estimate of drug-likeness (QED) is 0.878. The lowest BCUT2D eigenvalue weighted by molar-refractivity contribution is -0.116. The smallest absolute Gasteiger partial charge is 0.143 e. The lowest BCUT2D eigenvalue weighted by Crippen LogP contribution is -1.93. The Morgan fingerprint density at radius 1 is 1.41 bits per heavy atom. The Bertz CT molecular complexity index is 555. The van der Waals surface area contributed by atoms with Gasteiger partial charge in [-0.3, -0.25) is 0 Å². The van der Waals surface area contributed by atoms with E-state index in [1.807, 2.05) is 19.2 Å². The molecule has 0 atom stereocenters. The first kappa shape index (κ1) is 11.7. The number of aromatic nitrogens is 1. The molecular formula is C14H17NO2. The molecule has 0 aliphatic rings. The molecular weight excluding hydrogens is 214 g/mol. The Hall–Kier alpha value is -1.77. The lowest BCUT2D eigenvalue weighted by atomic mass is 10.0. The Balaban J connectivity index is 2.45. The van der Waals surface area contributed by atoms with E-state index in [2.05, 4.69) is 11.1 Å². The van der Waals surface area contributed by atoms with Gasteiger partial charge in [-0.05, 0) is 43.5 Å². The van der Waals surface area contributed by atoms with Crippen LogP contribution >= 0.6 is 0 Å². The van der Waals surface area contributed by atoms with E-state index in [4.69, 9.17) is 4.74 Å². The molecule has 3 heteroatoms. The summed E-state index contributed by atoms with van der Waals surface area (Å²) in [7, 11) is 1.67. The number of hydrogen-bond acceptors (Lipinski definition) is 2. The summed E-state index contributed by atoms with van der Waals surface area (Å²) in [5.74, 6) is 1.08. The zero-order chi connectivity index (χ0) is 12.4. The van der Waals surface area contributed by atoms with Gasteiger partial charge in [0.1, 0.15) is 11.5 Å². The molecule has 1 heterocycles. The van der Waals surface area contributed by atoms with E-state index in [1.165, 1.54) is 5.56 Å². The number of nitrogens with one attached hydrogen (secondary N) is 1. The monoisotopic (exact) mass is 231 g/mol. The standard InChI is InChI=1S/C14H17NO2/c1-9-6-12-11(5-4-10(2)16)8-15-14(12)13(7-9)17-3/h6-8,15H,4-5H2,1-3H3. The van der Waals surface area contributed by atoms with Gasteiger partial charge in [-0.2, -0.15) is 0 Å². The first-order chi connectivity index (χ1) is 8.11. The number of rotatable bonds is 4. The number of fused-ring (bicyclic) bond motifs is 1. The summed E-state index contributed by atoms with van der Waals surface area (Å²) in [5.41, 5.74) is 3.35. The average molecular weight is 231 g/mol. The highest BCUT2D eigenvalue weighted by Crippen LogP contribution is 2.29. The third-order valence-corrected chi connectivity index (χ3v) is 2.95. The fourth-order valence-corrected chi connectivity index (χ4v) is 2.07. The van der Waals surface area contributed by atoms with Crippen molar-refractivity contribution >= 4 is 16.7 Å². The maximum absolute atomic E-state index is 11.0. The minimum Gasteiger partial charge on any atom is -0.495 e. The van der Waals surface area contributed by atoms with Crippen LogP contribution in [0.5, 0.6) is 5.75 Å². The topological polar surface area (TPSA) is 42.1 Å². The molecule has 1 aromatic heterocycles. The fraction of sp³-hybridized carbons (Fsp3) is 0.357. The van der Waals surface area contributed by atoms with Gasteiger partial charge in [0.05, 0.1) is 12.6 Å². The first-order valence-corrected chi connectivity index (χ1v) is 5.76. The number of ether oxygens (including phenoxy) is 1. The lowest BCUT2D eigenvalue weighted by Gasteiger charge is -2.04.